The van der Waals surface area contributed by atoms with Crippen LogP contribution >= 0.6 is 0 Å². The Morgan fingerprint density at radius 2 is 2.30 bits per heavy atom. The van der Waals surface area contributed by atoms with Crippen LogP contribution in [-0.4, -0.2) is 25.0 Å². The molecule has 0 bridgehead atoms. The number of carbonyl (C=O) groups excluding carboxylic acids is 2. The maximum atomic E-state index is 10.5. The standard InChI is InChI=1S/C5H10N2O3/c6-2-1-4(7)5(9)10-3-8/h3-4H,1-2,6-7H2. The van der Waals surface area contributed by atoms with E-state index in [0.29, 0.717) is 13.0 Å². The molecular formula is C5H10N2O3. The van der Waals surface area contributed by atoms with Crippen molar-refractivity contribution in [3.8, 4) is 0 Å². The van der Waals surface area contributed by atoms with Gasteiger partial charge in [0, 0.05) is 0 Å². The van der Waals surface area contributed by atoms with Gasteiger partial charge in [-0.1, -0.05) is 0 Å². The fourth-order valence-electron chi connectivity index (χ4n) is 0.432. The molecule has 0 aliphatic rings. The normalized spacial score (nSPS) is 12.2. The van der Waals surface area contributed by atoms with Crippen molar-refractivity contribution in [2.24, 2.45) is 11.5 Å². The zero-order chi connectivity index (χ0) is 7.98. The maximum absolute atomic E-state index is 10.5. The first kappa shape index (κ1) is 9.06. The molecule has 0 saturated heterocycles. The molecule has 0 radical (unpaired) electrons. The van der Waals surface area contributed by atoms with Crippen LogP contribution in [0.1, 0.15) is 6.42 Å². The van der Waals surface area contributed by atoms with Crippen LogP contribution in [0, 0.1) is 0 Å². The minimum atomic E-state index is -0.782. The SMILES string of the molecule is NCCC(N)C(=O)OC=O. The predicted octanol–water partition coefficient (Wildman–Crippen LogP) is -1.64. The van der Waals surface area contributed by atoms with Crippen molar-refractivity contribution in [3.63, 3.8) is 0 Å². The Balaban J connectivity index is 3.58. The average Bonchev–Trinajstić information content (AvgIpc) is 1.89. The second-order valence-corrected chi connectivity index (χ2v) is 1.72. The van der Waals surface area contributed by atoms with E-state index in [2.05, 4.69) is 4.74 Å². The highest BCUT2D eigenvalue weighted by molar-refractivity contribution is 5.81. The molecule has 0 fully saturated rings. The minimum Gasteiger partial charge on any atom is -0.394 e. The summed E-state index contributed by atoms with van der Waals surface area (Å²) in [4.78, 5) is 20.1. The number of carbonyl (C=O) groups is 2. The Hall–Kier alpha value is -0.940. The topological polar surface area (TPSA) is 95.4 Å². The van der Waals surface area contributed by atoms with Crippen molar-refractivity contribution >= 4 is 12.4 Å². The van der Waals surface area contributed by atoms with Crippen LogP contribution in [-0.2, 0) is 14.3 Å². The summed E-state index contributed by atoms with van der Waals surface area (Å²) < 4.78 is 3.96. The van der Waals surface area contributed by atoms with Crippen LogP contribution in [0.5, 0.6) is 0 Å². The van der Waals surface area contributed by atoms with Gasteiger partial charge in [0.05, 0.1) is 0 Å². The van der Waals surface area contributed by atoms with Gasteiger partial charge < -0.3 is 16.2 Å². The first-order valence-electron chi connectivity index (χ1n) is 2.82. The molecule has 0 amide bonds. The van der Waals surface area contributed by atoms with Gasteiger partial charge in [0.15, 0.2) is 0 Å². The van der Waals surface area contributed by atoms with Crippen LogP contribution < -0.4 is 11.5 Å². The van der Waals surface area contributed by atoms with Crippen LogP contribution in [0.25, 0.3) is 0 Å². The summed E-state index contributed by atoms with van der Waals surface area (Å²) in [5.74, 6) is -0.736. The van der Waals surface area contributed by atoms with Crippen LogP contribution in [0.4, 0.5) is 0 Å². The third kappa shape index (κ3) is 3.16. The number of rotatable bonds is 4. The number of hydrogen-bond donors (Lipinski definition) is 2. The summed E-state index contributed by atoms with van der Waals surface area (Å²) in [7, 11) is 0. The summed E-state index contributed by atoms with van der Waals surface area (Å²) >= 11 is 0. The Morgan fingerprint density at radius 1 is 1.70 bits per heavy atom. The van der Waals surface area contributed by atoms with Gasteiger partial charge in [-0.15, -0.1) is 0 Å². The van der Waals surface area contributed by atoms with E-state index >= 15 is 0 Å². The van der Waals surface area contributed by atoms with Gasteiger partial charge in [-0.25, -0.2) is 4.79 Å². The lowest BCUT2D eigenvalue weighted by Crippen LogP contribution is -2.34. The van der Waals surface area contributed by atoms with E-state index in [-0.39, 0.29) is 6.47 Å². The molecule has 1 unspecified atom stereocenters. The quantitative estimate of drug-likeness (QED) is 0.282. The third-order valence-electron chi connectivity index (χ3n) is 0.945. The van der Waals surface area contributed by atoms with Crippen LogP contribution in [0.3, 0.4) is 0 Å². The van der Waals surface area contributed by atoms with E-state index in [1.807, 2.05) is 0 Å². The fraction of sp³-hybridized carbons (Fsp3) is 0.600. The molecule has 0 aliphatic heterocycles. The molecule has 0 aromatic heterocycles. The molecule has 0 aliphatic carbocycles. The summed E-state index contributed by atoms with van der Waals surface area (Å²) in [5.41, 5.74) is 10.3. The zero-order valence-corrected chi connectivity index (χ0v) is 5.45. The van der Waals surface area contributed by atoms with Gasteiger partial charge in [-0.2, -0.15) is 0 Å². The van der Waals surface area contributed by atoms with Crippen molar-refractivity contribution in [1.29, 1.82) is 0 Å². The molecule has 0 aromatic carbocycles. The fourth-order valence-corrected chi connectivity index (χ4v) is 0.432. The van der Waals surface area contributed by atoms with Gasteiger partial charge in [-0.05, 0) is 13.0 Å². The summed E-state index contributed by atoms with van der Waals surface area (Å²) in [6.45, 7) is 0.355. The number of hydrogen-bond acceptors (Lipinski definition) is 5. The number of esters is 1. The lowest BCUT2D eigenvalue weighted by molar-refractivity contribution is -0.152. The highest BCUT2D eigenvalue weighted by Crippen LogP contribution is 1.87. The number of ether oxygens (including phenoxy) is 1. The van der Waals surface area contributed by atoms with Crippen molar-refractivity contribution in [1.82, 2.24) is 0 Å². The van der Waals surface area contributed by atoms with Gasteiger partial charge >= 0.3 is 12.4 Å². The first-order valence-corrected chi connectivity index (χ1v) is 2.82. The van der Waals surface area contributed by atoms with Crippen molar-refractivity contribution in [2.75, 3.05) is 6.54 Å². The van der Waals surface area contributed by atoms with Gasteiger partial charge in [0.1, 0.15) is 6.04 Å². The molecule has 0 saturated carbocycles. The minimum absolute atomic E-state index is 0.0543. The third-order valence-corrected chi connectivity index (χ3v) is 0.945. The zero-order valence-electron chi connectivity index (χ0n) is 5.45. The summed E-state index contributed by atoms with van der Waals surface area (Å²) in [6.07, 6.45) is 0.326. The van der Waals surface area contributed by atoms with Gasteiger partial charge in [0.2, 0.25) is 0 Å². The van der Waals surface area contributed by atoms with E-state index in [0.717, 1.165) is 0 Å². The Bertz CT molecular complexity index is 126. The molecule has 0 aromatic rings. The molecule has 10 heavy (non-hydrogen) atoms. The van der Waals surface area contributed by atoms with E-state index < -0.39 is 12.0 Å². The van der Waals surface area contributed by atoms with Crippen molar-refractivity contribution in [2.45, 2.75) is 12.5 Å². The lowest BCUT2D eigenvalue weighted by atomic mass is 10.2. The van der Waals surface area contributed by atoms with E-state index in [9.17, 15) is 9.59 Å². The van der Waals surface area contributed by atoms with E-state index in [1.165, 1.54) is 0 Å². The van der Waals surface area contributed by atoms with Crippen molar-refractivity contribution in [3.05, 3.63) is 0 Å². The smallest absolute Gasteiger partial charge is 0.330 e. The monoisotopic (exact) mass is 146 g/mol. The Morgan fingerprint density at radius 3 is 2.70 bits per heavy atom. The molecule has 0 heterocycles. The lowest BCUT2D eigenvalue weighted by Gasteiger charge is -2.04. The highest BCUT2D eigenvalue weighted by atomic mass is 16.6. The molecule has 1 atom stereocenters. The predicted molar refractivity (Wildman–Crippen MR) is 33.8 cm³/mol. The molecule has 4 N–H and O–H groups in total. The molecule has 0 spiro atoms. The largest absolute Gasteiger partial charge is 0.394 e. The van der Waals surface area contributed by atoms with Crippen LogP contribution in [0.15, 0.2) is 0 Å². The second kappa shape index (κ2) is 4.89. The van der Waals surface area contributed by atoms with Gasteiger partial charge in [-0.3, -0.25) is 4.79 Å². The molecule has 0 rings (SSSR count). The highest BCUT2D eigenvalue weighted by Gasteiger charge is 2.12. The average molecular weight is 146 g/mol. The summed E-state index contributed by atoms with van der Waals surface area (Å²) in [6, 6.07) is -0.782. The van der Waals surface area contributed by atoms with Crippen molar-refractivity contribution < 1.29 is 14.3 Å². The first-order chi connectivity index (χ1) is 4.72. The van der Waals surface area contributed by atoms with Gasteiger partial charge in [0.25, 0.3) is 0 Å². The second-order valence-electron chi connectivity index (χ2n) is 1.72. The van der Waals surface area contributed by atoms with E-state index in [1.54, 1.807) is 0 Å². The number of nitrogens with two attached hydrogens (primary N) is 2. The summed E-state index contributed by atoms with van der Waals surface area (Å²) in [5, 5.41) is 0. The van der Waals surface area contributed by atoms with E-state index in [4.69, 9.17) is 11.5 Å². The van der Waals surface area contributed by atoms with Crippen LogP contribution in [0.2, 0.25) is 0 Å². The molecule has 58 valence electrons. The molecule has 5 nitrogen and oxygen atoms in total. The molecule has 5 heteroatoms. The Kier molecular flexibility index (Phi) is 4.43. The Labute approximate surface area is 58.3 Å². The maximum Gasteiger partial charge on any atom is 0.330 e. The molecular weight excluding hydrogens is 136 g/mol.